The molecule has 2 unspecified atom stereocenters. The normalized spacial score (nSPS) is 31.5. The maximum atomic E-state index is 12.2. The van der Waals surface area contributed by atoms with Crippen LogP contribution in [0.3, 0.4) is 0 Å². The molecule has 3 nitrogen and oxygen atoms in total. The molecular weight excluding hydrogens is 209 g/mol. The van der Waals surface area contributed by atoms with Crippen molar-refractivity contribution in [3.05, 3.63) is 0 Å². The number of piperidine rings is 1. The SMILES string of the molecule is O=C(N1CC2CCCC(C1)N2)C(F)(F)F. The number of nitrogens with zero attached hydrogens (tertiary/aromatic N) is 1. The first-order valence-corrected chi connectivity index (χ1v) is 5.09. The van der Waals surface area contributed by atoms with Gasteiger partial charge >= 0.3 is 12.1 Å². The van der Waals surface area contributed by atoms with Gasteiger partial charge < -0.3 is 10.2 Å². The molecule has 2 fully saturated rings. The number of carbonyl (C=O) groups excluding carboxylic acids is 1. The first-order chi connectivity index (χ1) is 6.97. The lowest BCUT2D eigenvalue weighted by Gasteiger charge is -2.42. The zero-order valence-corrected chi connectivity index (χ0v) is 8.18. The van der Waals surface area contributed by atoms with E-state index in [1.165, 1.54) is 0 Å². The molecule has 0 aliphatic carbocycles. The molecule has 2 aliphatic heterocycles. The predicted octanol–water partition coefficient (Wildman–Crippen LogP) is 0.902. The molecule has 0 saturated carbocycles. The Morgan fingerprint density at radius 2 is 1.73 bits per heavy atom. The Hall–Kier alpha value is -0.780. The predicted molar refractivity (Wildman–Crippen MR) is 47.2 cm³/mol. The Morgan fingerprint density at radius 1 is 1.20 bits per heavy atom. The van der Waals surface area contributed by atoms with Crippen LogP contribution in [0.25, 0.3) is 0 Å². The summed E-state index contributed by atoms with van der Waals surface area (Å²) in [6.45, 7) is 0.379. The molecule has 0 aromatic rings. The van der Waals surface area contributed by atoms with Gasteiger partial charge in [0.1, 0.15) is 0 Å². The molecule has 1 N–H and O–H groups in total. The van der Waals surface area contributed by atoms with Crippen LogP contribution in [0.5, 0.6) is 0 Å². The number of alkyl halides is 3. The van der Waals surface area contributed by atoms with Crippen molar-refractivity contribution >= 4 is 5.91 Å². The molecule has 0 spiro atoms. The van der Waals surface area contributed by atoms with E-state index in [0.29, 0.717) is 0 Å². The molecule has 15 heavy (non-hydrogen) atoms. The summed E-state index contributed by atoms with van der Waals surface area (Å²) in [5, 5.41) is 3.23. The molecule has 0 radical (unpaired) electrons. The van der Waals surface area contributed by atoms with Gasteiger partial charge in [0.25, 0.3) is 0 Å². The number of amides is 1. The highest BCUT2D eigenvalue weighted by atomic mass is 19.4. The van der Waals surface area contributed by atoms with Crippen molar-refractivity contribution < 1.29 is 18.0 Å². The monoisotopic (exact) mass is 222 g/mol. The summed E-state index contributed by atoms with van der Waals surface area (Å²) in [6.07, 6.45) is -1.97. The molecule has 2 saturated heterocycles. The van der Waals surface area contributed by atoms with Crippen molar-refractivity contribution in [1.29, 1.82) is 0 Å². The van der Waals surface area contributed by atoms with Crippen molar-refractivity contribution in [3.63, 3.8) is 0 Å². The van der Waals surface area contributed by atoms with Crippen LogP contribution in [-0.2, 0) is 4.79 Å². The van der Waals surface area contributed by atoms with Gasteiger partial charge in [0.15, 0.2) is 0 Å². The van der Waals surface area contributed by atoms with Gasteiger partial charge in [-0.1, -0.05) is 6.42 Å². The van der Waals surface area contributed by atoms with E-state index in [2.05, 4.69) is 5.32 Å². The second-order valence-electron chi connectivity index (χ2n) is 4.20. The number of rotatable bonds is 0. The summed E-state index contributed by atoms with van der Waals surface area (Å²) < 4.78 is 36.6. The summed E-state index contributed by atoms with van der Waals surface area (Å²) >= 11 is 0. The molecule has 0 aromatic heterocycles. The maximum absolute atomic E-state index is 12.2. The number of likely N-dealkylation sites (tertiary alicyclic amines) is 1. The van der Waals surface area contributed by atoms with Gasteiger partial charge in [-0.2, -0.15) is 13.2 Å². The van der Waals surface area contributed by atoms with Crippen molar-refractivity contribution in [2.45, 2.75) is 37.5 Å². The van der Waals surface area contributed by atoms with Crippen molar-refractivity contribution in [1.82, 2.24) is 10.2 Å². The second kappa shape index (κ2) is 3.66. The minimum atomic E-state index is -4.73. The van der Waals surface area contributed by atoms with Crippen LogP contribution in [0.1, 0.15) is 19.3 Å². The van der Waals surface area contributed by atoms with E-state index in [9.17, 15) is 18.0 Å². The highest BCUT2D eigenvalue weighted by Gasteiger charge is 2.45. The van der Waals surface area contributed by atoms with Crippen LogP contribution in [0.15, 0.2) is 0 Å². The van der Waals surface area contributed by atoms with E-state index in [1.807, 2.05) is 0 Å². The number of carbonyl (C=O) groups is 1. The summed E-state index contributed by atoms with van der Waals surface area (Å²) in [5.74, 6) is -1.69. The molecule has 2 heterocycles. The van der Waals surface area contributed by atoms with Crippen LogP contribution in [0.4, 0.5) is 13.2 Å². The molecule has 6 heteroatoms. The Bertz CT molecular complexity index is 255. The quantitative estimate of drug-likeness (QED) is 0.660. The number of nitrogens with one attached hydrogen (secondary N) is 1. The molecule has 86 valence electrons. The third-order valence-electron chi connectivity index (χ3n) is 2.99. The van der Waals surface area contributed by atoms with Gasteiger partial charge in [0.2, 0.25) is 0 Å². The summed E-state index contributed by atoms with van der Waals surface area (Å²) in [6, 6.07) is 0.0904. The van der Waals surface area contributed by atoms with Crippen molar-refractivity contribution in [2.75, 3.05) is 13.1 Å². The minimum absolute atomic E-state index is 0.0452. The summed E-state index contributed by atoms with van der Waals surface area (Å²) in [5.41, 5.74) is 0. The lowest BCUT2D eigenvalue weighted by atomic mass is 9.94. The van der Waals surface area contributed by atoms with Gasteiger partial charge in [-0.05, 0) is 12.8 Å². The zero-order valence-electron chi connectivity index (χ0n) is 8.18. The van der Waals surface area contributed by atoms with Gasteiger partial charge in [-0.15, -0.1) is 0 Å². The molecule has 0 aromatic carbocycles. The number of hydrogen-bond donors (Lipinski definition) is 1. The third-order valence-corrected chi connectivity index (χ3v) is 2.99. The Balaban J connectivity index is 2.02. The number of hydrogen-bond acceptors (Lipinski definition) is 2. The minimum Gasteiger partial charge on any atom is -0.332 e. The van der Waals surface area contributed by atoms with Crippen molar-refractivity contribution in [2.24, 2.45) is 0 Å². The third kappa shape index (κ3) is 2.25. The maximum Gasteiger partial charge on any atom is 0.471 e. The molecule has 2 bridgehead atoms. The van der Waals surface area contributed by atoms with Crippen LogP contribution in [0, 0.1) is 0 Å². The lowest BCUT2D eigenvalue weighted by Crippen LogP contribution is -2.61. The van der Waals surface area contributed by atoms with E-state index >= 15 is 0 Å². The topological polar surface area (TPSA) is 32.3 Å². The molecule has 2 atom stereocenters. The highest BCUT2D eigenvalue weighted by molar-refractivity contribution is 5.82. The first kappa shape index (κ1) is 10.7. The zero-order chi connectivity index (χ0) is 11.1. The highest BCUT2D eigenvalue weighted by Crippen LogP contribution is 2.24. The van der Waals surface area contributed by atoms with E-state index in [0.717, 1.165) is 24.2 Å². The largest absolute Gasteiger partial charge is 0.471 e. The average Bonchev–Trinajstić information content (AvgIpc) is 2.14. The summed E-state index contributed by atoms with van der Waals surface area (Å²) in [4.78, 5) is 12.0. The molecular formula is C9H13F3N2O. The molecule has 2 aliphatic rings. The smallest absolute Gasteiger partial charge is 0.332 e. The second-order valence-corrected chi connectivity index (χ2v) is 4.20. The van der Waals surface area contributed by atoms with Crippen molar-refractivity contribution in [3.8, 4) is 0 Å². The number of piperazine rings is 1. The van der Waals surface area contributed by atoms with Gasteiger partial charge in [-0.25, -0.2) is 0 Å². The fourth-order valence-electron chi connectivity index (χ4n) is 2.35. The Labute approximate surface area is 85.6 Å². The van der Waals surface area contributed by atoms with E-state index in [-0.39, 0.29) is 25.2 Å². The number of halogens is 3. The average molecular weight is 222 g/mol. The number of fused-ring (bicyclic) bond motifs is 2. The summed E-state index contributed by atoms with van der Waals surface area (Å²) in [7, 11) is 0. The van der Waals surface area contributed by atoms with E-state index in [4.69, 9.17) is 0 Å². The first-order valence-electron chi connectivity index (χ1n) is 5.09. The fraction of sp³-hybridized carbons (Fsp3) is 0.889. The molecule has 1 amide bonds. The van der Waals surface area contributed by atoms with Gasteiger partial charge in [0, 0.05) is 25.2 Å². The van der Waals surface area contributed by atoms with Gasteiger partial charge in [0.05, 0.1) is 0 Å². The van der Waals surface area contributed by atoms with Crippen LogP contribution >= 0.6 is 0 Å². The Morgan fingerprint density at radius 3 is 2.20 bits per heavy atom. The van der Waals surface area contributed by atoms with Gasteiger partial charge in [-0.3, -0.25) is 4.79 Å². The fourth-order valence-corrected chi connectivity index (χ4v) is 2.35. The van der Waals surface area contributed by atoms with Crippen LogP contribution in [0.2, 0.25) is 0 Å². The lowest BCUT2D eigenvalue weighted by molar-refractivity contribution is -0.187. The van der Waals surface area contributed by atoms with Crippen LogP contribution < -0.4 is 5.32 Å². The Kier molecular flexibility index (Phi) is 2.62. The van der Waals surface area contributed by atoms with E-state index < -0.39 is 12.1 Å². The van der Waals surface area contributed by atoms with Crippen LogP contribution in [-0.4, -0.2) is 42.2 Å². The standard InChI is InChI=1S/C9H13F3N2O/c10-9(11,12)8(15)14-4-6-2-1-3-7(5-14)13-6/h6-7,13H,1-5H2. The van der Waals surface area contributed by atoms with E-state index in [1.54, 1.807) is 0 Å². The molecule has 2 rings (SSSR count).